The minimum atomic E-state index is -1.00. The van der Waals surface area contributed by atoms with E-state index in [2.05, 4.69) is 33.9 Å². The maximum Gasteiger partial charge on any atom is 0.410 e. The molecular weight excluding hydrogens is 553 g/mol. The van der Waals surface area contributed by atoms with Gasteiger partial charge in [-0.05, 0) is 76.5 Å². The second kappa shape index (κ2) is 12.1. The number of carbonyl (C=O) groups is 3. The number of piperazine rings is 1. The zero-order chi connectivity index (χ0) is 29.2. The number of piperidine rings is 1. The lowest BCUT2D eigenvalue weighted by Crippen LogP contribution is -2.52. The fourth-order valence-electron chi connectivity index (χ4n) is 5.96. The molecule has 4 rings (SSSR count). The highest BCUT2D eigenvalue weighted by Gasteiger charge is 2.49. The van der Waals surface area contributed by atoms with E-state index in [1.54, 1.807) is 11.0 Å². The van der Waals surface area contributed by atoms with Gasteiger partial charge < -0.3 is 24.8 Å². The van der Waals surface area contributed by atoms with Crippen molar-refractivity contribution >= 4 is 46.9 Å². The number of imide groups is 1. The Kier molecular flexibility index (Phi) is 9.15. The van der Waals surface area contributed by atoms with E-state index in [4.69, 9.17) is 27.9 Å². The summed E-state index contributed by atoms with van der Waals surface area (Å²) in [4.78, 5) is 44.1. The largest absolute Gasteiger partial charge is 0.444 e. The molecule has 220 valence electrons. The molecule has 3 heterocycles. The monoisotopic (exact) mass is 593 g/mol. The van der Waals surface area contributed by atoms with E-state index in [-0.39, 0.29) is 23.8 Å². The van der Waals surface area contributed by atoms with Gasteiger partial charge in [0.25, 0.3) is 5.91 Å². The van der Waals surface area contributed by atoms with Gasteiger partial charge in [-0.3, -0.25) is 10.1 Å². The third-order valence-electron chi connectivity index (χ3n) is 8.04. The van der Waals surface area contributed by atoms with Crippen molar-refractivity contribution in [3.05, 3.63) is 40.5 Å². The zero-order valence-electron chi connectivity index (χ0n) is 23.9. The first-order valence-electron chi connectivity index (χ1n) is 14.0. The third-order valence-corrected chi connectivity index (χ3v) is 8.48. The van der Waals surface area contributed by atoms with Crippen molar-refractivity contribution in [2.45, 2.75) is 64.5 Å². The molecule has 0 bridgehead atoms. The molecule has 0 spiro atoms. The molecule has 0 aromatic heterocycles. The van der Waals surface area contributed by atoms with Crippen LogP contribution in [0.3, 0.4) is 0 Å². The van der Waals surface area contributed by atoms with Crippen LogP contribution in [0.25, 0.3) is 0 Å². The van der Waals surface area contributed by atoms with Gasteiger partial charge in [-0.25, -0.2) is 9.59 Å². The normalized spacial score (nSPS) is 23.1. The number of amides is 4. The number of rotatable bonds is 7. The van der Waals surface area contributed by atoms with E-state index < -0.39 is 17.2 Å². The zero-order valence-corrected chi connectivity index (χ0v) is 25.4. The number of hydrogen-bond acceptors (Lipinski definition) is 6. The average Bonchev–Trinajstić information content (AvgIpc) is 3.14. The second-order valence-electron chi connectivity index (χ2n) is 12.3. The van der Waals surface area contributed by atoms with Crippen molar-refractivity contribution in [3.63, 3.8) is 0 Å². The number of benzene rings is 1. The molecule has 2 atom stereocenters. The lowest BCUT2D eigenvalue weighted by Gasteiger charge is -2.41. The quantitative estimate of drug-likeness (QED) is 0.418. The second-order valence-corrected chi connectivity index (χ2v) is 13.2. The van der Waals surface area contributed by atoms with Crippen LogP contribution in [0.4, 0.5) is 15.3 Å². The highest BCUT2D eigenvalue weighted by molar-refractivity contribution is 6.35. The van der Waals surface area contributed by atoms with Crippen LogP contribution in [0.2, 0.25) is 10.0 Å². The summed E-state index contributed by atoms with van der Waals surface area (Å²) in [5.41, 5.74) is 0.408. The van der Waals surface area contributed by atoms with Crippen LogP contribution in [0.5, 0.6) is 0 Å². The smallest absolute Gasteiger partial charge is 0.410 e. The van der Waals surface area contributed by atoms with Gasteiger partial charge in [0, 0.05) is 60.7 Å². The van der Waals surface area contributed by atoms with Gasteiger partial charge in [-0.15, -0.1) is 0 Å². The fourth-order valence-corrected chi connectivity index (χ4v) is 6.48. The molecule has 0 aliphatic carbocycles. The number of nitrogens with zero attached hydrogens (tertiary/aromatic N) is 3. The number of ether oxygens (including phenoxy) is 1. The first kappa shape index (κ1) is 30.3. The lowest BCUT2D eigenvalue weighted by atomic mass is 9.77. The number of halogens is 2. The van der Waals surface area contributed by atoms with Gasteiger partial charge in [-0.2, -0.15) is 0 Å². The van der Waals surface area contributed by atoms with Crippen LogP contribution in [-0.2, 0) is 9.53 Å². The van der Waals surface area contributed by atoms with Crippen molar-refractivity contribution in [2.24, 2.45) is 11.8 Å². The predicted octanol–water partition coefficient (Wildman–Crippen LogP) is 5.27. The van der Waals surface area contributed by atoms with Gasteiger partial charge in [0.2, 0.25) is 0 Å². The van der Waals surface area contributed by atoms with Crippen molar-refractivity contribution in [3.8, 4) is 0 Å². The summed E-state index contributed by atoms with van der Waals surface area (Å²) < 4.78 is 5.51. The SMILES string of the molecule is C=C(C(C)CC1(CC2CCN(C(=O)OC(C)(C)C)CC2)NC(=O)NC1=O)N1CCN(c2cc(Cl)cc(Cl)c2)CC1. The maximum atomic E-state index is 13.1. The van der Waals surface area contributed by atoms with Crippen molar-refractivity contribution < 1.29 is 19.1 Å². The molecule has 40 heavy (non-hydrogen) atoms. The molecular formula is C29H41Cl2N5O4. The Labute approximate surface area is 247 Å². The Bertz CT molecular complexity index is 1120. The van der Waals surface area contributed by atoms with Gasteiger partial charge in [0.1, 0.15) is 11.1 Å². The number of nitrogens with one attached hydrogen (secondary N) is 2. The Hall–Kier alpha value is -2.65. The number of likely N-dealkylation sites (tertiary alicyclic amines) is 1. The van der Waals surface area contributed by atoms with Gasteiger partial charge >= 0.3 is 12.1 Å². The van der Waals surface area contributed by atoms with Crippen LogP contribution in [0.15, 0.2) is 30.5 Å². The molecule has 11 heteroatoms. The fraction of sp³-hybridized carbons (Fsp3) is 0.621. The van der Waals surface area contributed by atoms with E-state index >= 15 is 0 Å². The minimum absolute atomic E-state index is 0.0295. The maximum absolute atomic E-state index is 13.1. The summed E-state index contributed by atoms with van der Waals surface area (Å²) in [6, 6.07) is 5.11. The van der Waals surface area contributed by atoms with E-state index in [1.807, 2.05) is 32.9 Å². The molecule has 3 saturated heterocycles. The van der Waals surface area contributed by atoms with Crippen LogP contribution < -0.4 is 15.5 Å². The van der Waals surface area contributed by atoms with Crippen LogP contribution >= 0.6 is 23.2 Å². The van der Waals surface area contributed by atoms with Crippen LogP contribution in [-0.4, -0.2) is 78.2 Å². The Balaban J connectivity index is 1.35. The molecule has 0 saturated carbocycles. The summed E-state index contributed by atoms with van der Waals surface area (Å²) in [6.07, 6.45) is 2.16. The van der Waals surface area contributed by atoms with Crippen molar-refractivity contribution in [2.75, 3.05) is 44.2 Å². The Morgan fingerprint density at radius 2 is 1.65 bits per heavy atom. The van der Waals surface area contributed by atoms with Gasteiger partial charge in [0.05, 0.1) is 0 Å². The lowest BCUT2D eigenvalue weighted by molar-refractivity contribution is -0.125. The van der Waals surface area contributed by atoms with Crippen molar-refractivity contribution in [1.82, 2.24) is 20.4 Å². The predicted molar refractivity (Wildman–Crippen MR) is 158 cm³/mol. The number of allylic oxidation sites excluding steroid dienone is 1. The van der Waals surface area contributed by atoms with E-state index in [0.717, 1.165) is 50.4 Å². The number of hydrogen-bond donors (Lipinski definition) is 2. The van der Waals surface area contributed by atoms with Gasteiger partial charge in [-0.1, -0.05) is 36.7 Å². The van der Waals surface area contributed by atoms with Gasteiger partial charge in [0.15, 0.2) is 0 Å². The van der Waals surface area contributed by atoms with Crippen LogP contribution in [0.1, 0.15) is 53.4 Å². The highest BCUT2D eigenvalue weighted by atomic mass is 35.5. The molecule has 9 nitrogen and oxygen atoms in total. The minimum Gasteiger partial charge on any atom is -0.444 e. The Morgan fingerprint density at radius 1 is 1.05 bits per heavy atom. The molecule has 3 aliphatic rings. The summed E-state index contributed by atoms with van der Waals surface area (Å²) in [7, 11) is 0. The molecule has 4 amide bonds. The first-order valence-corrected chi connectivity index (χ1v) is 14.8. The van der Waals surface area contributed by atoms with Crippen LogP contribution in [0, 0.1) is 11.8 Å². The van der Waals surface area contributed by atoms with E-state index in [0.29, 0.717) is 36.0 Å². The number of carbonyl (C=O) groups excluding carboxylic acids is 3. The topological polar surface area (TPSA) is 94.2 Å². The van der Waals surface area contributed by atoms with E-state index in [9.17, 15) is 14.4 Å². The van der Waals surface area contributed by atoms with E-state index in [1.165, 1.54) is 0 Å². The molecule has 1 aromatic carbocycles. The Morgan fingerprint density at radius 3 is 2.17 bits per heavy atom. The molecule has 2 unspecified atom stereocenters. The van der Waals surface area contributed by atoms with Crippen molar-refractivity contribution in [1.29, 1.82) is 0 Å². The third kappa shape index (κ3) is 7.35. The highest BCUT2D eigenvalue weighted by Crippen LogP contribution is 2.36. The number of urea groups is 1. The summed E-state index contributed by atoms with van der Waals surface area (Å²) in [5.74, 6) is -0.121. The molecule has 3 fully saturated rings. The molecule has 2 N–H and O–H groups in total. The summed E-state index contributed by atoms with van der Waals surface area (Å²) in [5, 5.41) is 6.64. The average molecular weight is 595 g/mol. The number of anilines is 1. The summed E-state index contributed by atoms with van der Waals surface area (Å²) in [6.45, 7) is 16.3. The molecule has 1 aromatic rings. The summed E-state index contributed by atoms with van der Waals surface area (Å²) >= 11 is 12.4. The molecule has 0 radical (unpaired) electrons. The first-order chi connectivity index (χ1) is 18.7. The standard InChI is InChI=1S/C29H41Cl2N5O4/c1-19(20(2)34-10-12-35(13-11-34)24-15-22(30)14-23(31)16-24)17-29(25(37)32-26(38)33-29)18-21-6-8-36(9-7-21)27(39)40-28(3,4)5/h14-16,19,21H,2,6-13,17-18H2,1,3-5H3,(H2,32,33,37,38). The molecule has 3 aliphatic heterocycles.